The zero-order valence-electron chi connectivity index (χ0n) is 12.9. The lowest BCUT2D eigenvalue weighted by atomic mass is 10.0. The van der Waals surface area contributed by atoms with Crippen LogP contribution in [0.25, 0.3) is 0 Å². The number of rotatable bonds is 2. The second-order valence-electron chi connectivity index (χ2n) is 6.04. The number of likely N-dealkylation sites (N-methyl/N-ethyl adjacent to an activating group) is 1. The van der Waals surface area contributed by atoms with Crippen LogP contribution in [0.15, 0.2) is 18.2 Å². The molecule has 0 bridgehead atoms. The molecule has 1 N–H and O–H groups in total. The number of para-hydroxylation sites is 1. The Morgan fingerprint density at radius 1 is 1.29 bits per heavy atom. The molecule has 114 valence electrons. The van der Waals surface area contributed by atoms with Gasteiger partial charge in [0.2, 0.25) is 0 Å². The van der Waals surface area contributed by atoms with Crippen LogP contribution in [-0.4, -0.2) is 45.2 Å². The highest BCUT2D eigenvalue weighted by molar-refractivity contribution is 6.03. The van der Waals surface area contributed by atoms with E-state index in [4.69, 9.17) is 4.74 Å². The van der Waals surface area contributed by atoms with Crippen LogP contribution >= 0.6 is 0 Å². The Balaban J connectivity index is 2.00. The van der Waals surface area contributed by atoms with Gasteiger partial charge >= 0.3 is 0 Å². The van der Waals surface area contributed by atoms with Crippen molar-refractivity contribution < 1.29 is 9.53 Å². The number of piperazine rings is 1. The van der Waals surface area contributed by atoms with E-state index in [1.54, 1.807) is 4.90 Å². The summed E-state index contributed by atoms with van der Waals surface area (Å²) in [6, 6.07) is 6.05. The quantitative estimate of drug-likeness (QED) is 0.895. The molecular formula is C16H23N3O2. The number of hydrogen-bond acceptors (Lipinski definition) is 4. The third kappa shape index (κ3) is 2.46. The number of hydrogen-bond donors (Lipinski definition) is 1. The highest BCUT2D eigenvalue weighted by Gasteiger charge is 2.36. The van der Waals surface area contributed by atoms with Gasteiger partial charge in [0.15, 0.2) is 6.10 Å². The van der Waals surface area contributed by atoms with Crippen LogP contribution in [0.5, 0.6) is 5.75 Å². The fourth-order valence-corrected chi connectivity index (χ4v) is 3.01. The second-order valence-corrected chi connectivity index (χ2v) is 6.04. The maximum atomic E-state index is 12.5. The molecule has 1 saturated heterocycles. The summed E-state index contributed by atoms with van der Waals surface area (Å²) in [4.78, 5) is 16.6. The highest BCUT2D eigenvalue weighted by atomic mass is 16.5. The van der Waals surface area contributed by atoms with Gasteiger partial charge in [0, 0.05) is 33.2 Å². The third-order valence-electron chi connectivity index (χ3n) is 4.20. The molecule has 3 rings (SSSR count). The van der Waals surface area contributed by atoms with Crippen molar-refractivity contribution in [3.05, 3.63) is 18.2 Å². The molecule has 0 saturated carbocycles. The van der Waals surface area contributed by atoms with Gasteiger partial charge in [-0.05, 0) is 18.1 Å². The summed E-state index contributed by atoms with van der Waals surface area (Å²) in [5, 5.41) is 3.35. The lowest BCUT2D eigenvalue weighted by Gasteiger charge is -2.38. The van der Waals surface area contributed by atoms with Gasteiger partial charge in [0.1, 0.15) is 11.4 Å². The fraction of sp³-hybridized carbons (Fsp3) is 0.562. The number of nitrogens with zero attached hydrogens (tertiary/aromatic N) is 2. The zero-order valence-corrected chi connectivity index (χ0v) is 12.9. The third-order valence-corrected chi connectivity index (χ3v) is 4.20. The van der Waals surface area contributed by atoms with Crippen LogP contribution in [0.1, 0.15) is 13.8 Å². The first kappa shape index (κ1) is 14.2. The molecule has 1 atom stereocenters. The number of nitrogens with one attached hydrogen (secondary N) is 1. The molecule has 0 radical (unpaired) electrons. The largest absolute Gasteiger partial charge is 0.478 e. The van der Waals surface area contributed by atoms with Gasteiger partial charge in [0.25, 0.3) is 5.91 Å². The molecule has 5 nitrogen and oxygen atoms in total. The van der Waals surface area contributed by atoms with E-state index < -0.39 is 0 Å². The van der Waals surface area contributed by atoms with Gasteiger partial charge in [-0.2, -0.15) is 0 Å². The Morgan fingerprint density at radius 3 is 2.67 bits per heavy atom. The van der Waals surface area contributed by atoms with E-state index in [1.807, 2.05) is 33.0 Å². The summed E-state index contributed by atoms with van der Waals surface area (Å²) < 4.78 is 5.97. The molecule has 1 amide bonds. The lowest BCUT2D eigenvalue weighted by molar-refractivity contribution is -0.127. The van der Waals surface area contributed by atoms with Crippen molar-refractivity contribution in [2.75, 3.05) is 43.0 Å². The Labute approximate surface area is 125 Å². The summed E-state index contributed by atoms with van der Waals surface area (Å²) in [7, 11) is 1.85. The predicted molar refractivity (Wildman–Crippen MR) is 84.2 cm³/mol. The zero-order chi connectivity index (χ0) is 15.0. The van der Waals surface area contributed by atoms with Gasteiger partial charge in [-0.3, -0.25) is 4.79 Å². The van der Waals surface area contributed by atoms with Crippen LogP contribution < -0.4 is 19.9 Å². The Hall–Kier alpha value is -1.75. The minimum Gasteiger partial charge on any atom is -0.478 e. The number of fused-ring (bicyclic) bond motifs is 1. The van der Waals surface area contributed by atoms with Crippen molar-refractivity contribution >= 4 is 17.3 Å². The fourth-order valence-electron chi connectivity index (χ4n) is 3.01. The van der Waals surface area contributed by atoms with Gasteiger partial charge in [-0.25, -0.2) is 0 Å². The molecule has 21 heavy (non-hydrogen) atoms. The molecule has 0 spiro atoms. The average molecular weight is 289 g/mol. The number of ether oxygens (including phenoxy) is 1. The standard InChI is InChI=1S/C16H23N3O2/c1-11(2)15-16(20)18(3)14-12(5-4-6-13(14)21-15)19-9-7-17-8-10-19/h4-6,11,15,17H,7-10H2,1-3H3. The first-order valence-corrected chi connectivity index (χ1v) is 7.62. The monoisotopic (exact) mass is 289 g/mol. The molecule has 1 fully saturated rings. The van der Waals surface area contributed by atoms with E-state index in [0.717, 1.165) is 43.3 Å². The first-order chi connectivity index (χ1) is 10.1. The lowest BCUT2D eigenvalue weighted by Crippen LogP contribution is -2.48. The summed E-state index contributed by atoms with van der Waals surface area (Å²) in [5.41, 5.74) is 1.99. The predicted octanol–water partition coefficient (Wildman–Crippen LogP) is 1.48. The molecule has 2 aliphatic rings. The molecule has 1 unspecified atom stereocenters. The molecule has 5 heteroatoms. The van der Waals surface area contributed by atoms with E-state index in [9.17, 15) is 4.79 Å². The Morgan fingerprint density at radius 2 is 2.00 bits per heavy atom. The van der Waals surface area contributed by atoms with E-state index >= 15 is 0 Å². The number of benzene rings is 1. The molecule has 0 aliphatic carbocycles. The molecule has 2 aliphatic heterocycles. The summed E-state index contributed by atoms with van der Waals surface area (Å²) in [6.45, 7) is 7.87. The van der Waals surface area contributed by atoms with Crippen LogP contribution in [0.3, 0.4) is 0 Å². The van der Waals surface area contributed by atoms with Crippen LogP contribution in [-0.2, 0) is 4.79 Å². The van der Waals surface area contributed by atoms with Gasteiger partial charge in [-0.15, -0.1) is 0 Å². The Bertz CT molecular complexity index is 538. The van der Waals surface area contributed by atoms with Crippen molar-refractivity contribution in [2.24, 2.45) is 5.92 Å². The number of carbonyl (C=O) groups excluding carboxylic acids is 1. The number of anilines is 2. The normalized spacial score (nSPS) is 22.3. The van der Waals surface area contributed by atoms with Crippen LogP contribution in [0.2, 0.25) is 0 Å². The molecule has 1 aromatic carbocycles. The van der Waals surface area contributed by atoms with Crippen molar-refractivity contribution in [1.82, 2.24) is 5.32 Å². The second kappa shape index (κ2) is 5.56. The van der Waals surface area contributed by atoms with Crippen molar-refractivity contribution in [2.45, 2.75) is 20.0 Å². The van der Waals surface area contributed by atoms with Gasteiger partial charge in [0.05, 0.1) is 5.69 Å². The number of carbonyl (C=O) groups is 1. The minimum atomic E-state index is -0.388. The van der Waals surface area contributed by atoms with E-state index in [0.29, 0.717) is 0 Å². The van der Waals surface area contributed by atoms with Gasteiger partial charge in [-0.1, -0.05) is 19.9 Å². The topological polar surface area (TPSA) is 44.8 Å². The SMILES string of the molecule is CC(C)C1Oc2cccc(N3CCNCC3)c2N(C)C1=O. The summed E-state index contributed by atoms with van der Waals surface area (Å²) >= 11 is 0. The maximum Gasteiger partial charge on any atom is 0.268 e. The van der Waals surface area contributed by atoms with Crippen LogP contribution in [0, 0.1) is 5.92 Å². The van der Waals surface area contributed by atoms with E-state index in [1.165, 1.54) is 0 Å². The van der Waals surface area contributed by atoms with Gasteiger partial charge < -0.3 is 19.9 Å². The van der Waals surface area contributed by atoms with Crippen LogP contribution in [0.4, 0.5) is 11.4 Å². The Kier molecular flexibility index (Phi) is 3.76. The molecule has 0 aromatic heterocycles. The maximum absolute atomic E-state index is 12.5. The van der Waals surface area contributed by atoms with Crippen molar-refractivity contribution in [3.63, 3.8) is 0 Å². The van der Waals surface area contributed by atoms with Crippen molar-refractivity contribution in [1.29, 1.82) is 0 Å². The van der Waals surface area contributed by atoms with Crippen molar-refractivity contribution in [3.8, 4) is 5.75 Å². The minimum absolute atomic E-state index is 0.0417. The molecule has 2 heterocycles. The smallest absolute Gasteiger partial charge is 0.268 e. The summed E-state index contributed by atoms with van der Waals surface area (Å²) in [6.07, 6.45) is -0.388. The van der Waals surface area contributed by atoms with E-state index in [-0.39, 0.29) is 17.9 Å². The average Bonchev–Trinajstić information content (AvgIpc) is 2.50. The summed E-state index contributed by atoms with van der Waals surface area (Å²) in [5.74, 6) is 1.02. The molecular weight excluding hydrogens is 266 g/mol. The molecule has 1 aromatic rings. The highest BCUT2D eigenvalue weighted by Crippen LogP contribution is 2.42. The van der Waals surface area contributed by atoms with E-state index in [2.05, 4.69) is 16.3 Å². The number of amides is 1. The first-order valence-electron chi connectivity index (χ1n) is 7.62.